The molecule has 3 N–H and O–H groups in total. The summed E-state index contributed by atoms with van der Waals surface area (Å²) in [5.41, 5.74) is 0. The highest BCUT2D eigenvalue weighted by molar-refractivity contribution is 5.94. The van der Waals surface area contributed by atoms with Crippen LogP contribution in [0.4, 0.5) is 4.79 Å². The molecule has 1 rings (SSSR count). The Morgan fingerprint density at radius 1 is 1.26 bits per heavy atom. The van der Waals surface area contributed by atoms with Crippen molar-refractivity contribution < 1.29 is 19.5 Å². The predicted octanol–water partition coefficient (Wildman–Crippen LogP) is 1.50. The van der Waals surface area contributed by atoms with Crippen molar-refractivity contribution in [1.82, 2.24) is 10.6 Å². The first kappa shape index (κ1) is 15.5. The lowest BCUT2D eigenvalue weighted by Gasteiger charge is -2.25. The van der Waals surface area contributed by atoms with Gasteiger partial charge >= 0.3 is 12.0 Å². The molecule has 1 unspecified atom stereocenters. The van der Waals surface area contributed by atoms with Gasteiger partial charge in [-0.05, 0) is 18.3 Å². The van der Waals surface area contributed by atoms with E-state index in [-0.39, 0.29) is 18.8 Å². The summed E-state index contributed by atoms with van der Waals surface area (Å²) in [6.45, 7) is 2.25. The number of hydrogen-bond donors (Lipinski definition) is 3. The number of aliphatic carboxylic acids is 1. The Balaban J connectivity index is 2.09. The molecule has 6 nitrogen and oxygen atoms in total. The van der Waals surface area contributed by atoms with Gasteiger partial charge in [-0.15, -0.1) is 0 Å². The molecule has 0 aliphatic heterocycles. The monoisotopic (exact) mass is 270 g/mol. The second-order valence-electron chi connectivity index (χ2n) is 5.30. The molecule has 3 amide bonds. The van der Waals surface area contributed by atoms with E-state index in [1.165, 1.54) is 19.3 Å². The lowest BCUT2D eigenvalue weighted by atomic mass is 9.83. The number of urea groups is 1. The third kappa shape index (κ3) is 6.79. The van der Waals surface area contributed by atoms with Gasteiger partial charge in [0.25, 0.3) is 0 Å². The smallest absolute Gasteiger partial charge is 0.321 e. The minimum Gasteiger partial charge on any atom is -0.481 e. The molecule has 1 fully saturated rings. The second kappa shape index (κ2) is 7.76. The van der Waals surface area contributed by atoms with Gasteiger partial charge in [-0.25, -0.2) is 4.79 Å². The van der Waals surface area contributed by atoms with Crippen molar-refractivity contribution in [1.29, 1.82) is 0 Å². The fraction of sp³-hybridized carbons (Fsp3) is 0.769. The molecule has 0 bridgehead atoms. The number of rotatable bonds is 7. The van der Waals surface area contributed by atoms with Crippen LogP contribution in [0.2, 0.25) is 0 Å². The fourth-order valence-corrected chi connectivity index (χ4v) is 2.08. The summed E-state index contributed by atoms with van der Waals surface area (Å²) < 4.78 is 0. The van der Waals surface area contributed by atoms with Crippen LogP contribution >= 0.6 is 0 Å². The van der Waals surface area contributed by atoms with Crippen molar-refractivity contribution >= 4 is 17.9 Å². The Hall–Kier alpha value is -1.59. The Bertz CT molecular complexity index is 340. The lowest BCUT2D eigenvalue weighted by Crippen LogP contribution is -2.40. The largest absolute Gasteiger partial charge is 0.481 e. The standard InChI is InChI=1S/C13H22N2O4/c1-9(8-12(17)18)7-11(16)15-13(19)14-6-5-10-3-2-4-10/h9-10H,2-8H2,1H3,(H,17,18)(H2,14,15,16,19). The highest BCUT2D eigenvalue weighted by Crippen LogP contribution is 2.28. The molecule has 1 aliphatic rings. The van der Waals surface area contributed by atoms with Gasteiger partial charge in [0.1, 0.15) is 0 Å². The maximum atomic E-state index is 11.4. The molecular formula is C13H22N2O4. The number of carbonyl (C=O) groups is 3. The van der Waals surface area contributed by atoms with E-state index in [2.05, 4.69) is 10.6 Å². The summed E-state index contributed by atoms with van der Waals surface area (Å²) in [4.78, 5) is 33.3. The topological polar surface area (TPSA) is 95.5 Å². The van der Waals surface area contributed by atoms with Crippen molar-refractivity contribution in [2.75, 3.05) is 6.54 Å². The Morgan fingerprint density at radius 2 is 1.95 bits per heavy atom. The Morgan fingerprint density at radius 3 is 2.47 bits per heavy atom. The van der Waals surface area contributed by atoms with E-state index < -0.39 is 17.9 Å². The molecule has 1 atom stereocenters. The summed E-state index contributed by atoms with van der Waals surface area (Å²) in [6.07, 6.45) is 4.66. The van der Waals surface area contributed by atoms with E-state index in [0.29, 0.717) is 12.5 Å². The first-order chi connectivity index (χ1) is 8.97. The van der Waals surface area contributed by atoms with Crippen LogP contribution < -0.4 is 10.6 Å². The van der Waals surface area contributed by atoms with E-state index in [0.717, 1.165) is 6.42 Å². The van der Waals surface area contributed by atoms with Crippen molar-refractivity contribution in [2.24, 2.45) is 11.8 Å². The van der Waals surface area contributed by atoms with E-state index in [9.17, 15) is 14.4 Å². The van der Waals surface area contributed by atoms with Crippen LogP contribution in [0.15, 0.2) is 0 Å². The maximum Gasteiger partial charge on any atom is 0.321 e. The summed E-state index contributed by atoms with van der Waals surface area (Å²) in [5, 5.41) is 13.4. The number of amides is 3. The number of carboxylic acids is 1. The lowest BCUT2D eigenvalue weighted by molar-refractivity contribution is -0.138. The van der Waals surface area contributed by atoms with Crippen molar-refractivity contribution in [3.05, 3.63) is 0 Å². The molecule has 0 heterocycles. The number of carbonyl (C=O) groups excluding carboxylic acids is 2. The van der Waals surface area contributed by atoms with Gasteiger partial charge in [-0.3, -0.25) is 14.9 Å². The van der Waals surface area contributed by atoms with Crippen LogP contribution in [0.25, 0.3) is 0 Å². The molecular weight excluding hydrogens is 248 g/mol. The minimum absolute atomic E-state index is 0.0440. The number of imide groups is 1. The average Bonchev–Trinajstić information content (AvgIpc) is 2.19. The minimum atomic E-state index is -0.940. The van der Waals surface area contributed by atoms with Crippen LogP contribution in [0.1, 0.15) is 45.4 Å². The van der Waals surface area contributed by atoms with Gasteiger partial charge in [0, 0.05) is 19.4 Å². The maximum absolute atomic E-state index is 11.4. The highest BCUT2D eigenvalue weighted by atomic mass is 16.4. The van der Waals surface area contributed by atoms with Gasteiger partial charge in [0.05, 0.1) is 0 Å². The quantitative estimate of drug-likeness (QED) is 0.653. The molecule has 0 radical (unpaired) electrons. The Labute approximate surface area is 112 Å². The van der Waals surface area contributed by atoms with Crippen LogP contribution in [0.3, 0.4) is 0 Å². The zero-order valence-corrected chi connectivity index (χ0v) is 11.3. The van der Waals surface area contributed by atoms with Crippen molar-refractivity contribution in [3.8, 4) is 0 Å². The van der Waals surface area contributed by atoms with Gasteiger partial charge in [-0.2, -0.15) is 0 Å². The molecule has 6 heteroatoms. The van der Waals surface area contributed by atoms with E-state index in [1.807, 2.05) is 0 Å². The van der Waals surface area contributed by atoms with Crippen LogP contribution in [0, 0.1) is 11.8 Å². The van der Waals surface area contributed by atoms with E-state index >= 15 is 0 Å². The zero-order chi connectivity index (χ0) is 14.3. The molecule has 1 saturated carbocycles. The van der Waals surface area contributed by atoms with Crippen molar-refractivity contribution in [2.45, 2.75) is 45.4 Å². The average molecular weight is 270 g/mol. The molecule has 0 aromatic rings. The predicted molar refractivity (Wildman–Crippen MR) is 69.5 cm³/mol. The Kier molecular flexibility index (Phi) is 6.32. The molecule has 1 aliphatic carbocycles. The first-order valence-corrected chi connectivity index (χ1v) is 6.77. The summed E-state index contributed by atoms with van der Waals surface area (Å²) >= 11 is 0. The summed E-state index contributed by atoms with van der Waals surface area (Å²) in [6, 6.07) is -0.494. The molecule has 108 valence electrons. The molecule has 19 heavy (non-hydrogen) atoms. The van der Waals surface area contributed by atoms with Crippen molar-refractivity contribution in [3.63, 3.8) is 0 Å². The van der Waals surface area contributed by atoms with Crippen LogP contribution in [0.5, 0.6) is 0 Å². The van der Waals surface area contributed by atoms with Crippen LogP contribution in [-0.2, 0) is 9.59 Å². The first-order valence-electron chi connectivity index (χ1n) is 6.77. The van der Waals surface area contributed by atoms with E-state index in [4.69, 9.17) is 5.11 Å². The van der Waals surface area contributed by atoms with E-state index in [1.54, 1.807) is 6.92 Å². The highest BCUT2D eigenvalue weighted by Gasteiger charge is 2.18. The van der Waals surface area contributed by atoms with Gasteiger partial charge in [-0.1, -0.05) is 26.2 Å². The summed E-state index contributed by atoms with van der Waals surface area (Å²) in [5.74, 6) is -0.938. The number of nitrogens with one attached hydrogen (secondary N) is 2. The molecule has 0 aromatic heterocycles. The number of carboxylic acid groups (broad SMARTS) is 1. The van der Waals surface area contributed by atoms with Gasteiger partial charge in [0.15, 0.2) is 0 Å². The third-order valence-corrected chi connectivity index (χ3v) is 3.37. The van der Waals surface area contributed by atoms with Gasteiger partial charge in [0.2, 0.25) is 5.91 Å². The SMILES string of the molecule is CC(CC(=O)O)CC(=O)NC(=O)NCCC1CCC1. The van der Waals surface area contributed by atoms with Gasteiger partial charge < -0.3 is 10.4 Å². The van der Waals surface area contributed by atoms with Crippen LogP contribution in [-0.4, -0.2) is 29.6 Å². The third-order valence-electron chi connectivity index (χ3n) is 3.37. The second-order valence-corrected chi connectivity index (χ2v) is 5.30. The zero-order valence-electron chi connectivity index (χ0n) is 11.3. The fourth-order valence-electron chi connectivity index (χ4n) is 2.08. The molecule has 0 saturated heterocycles. The normalized spacial score (nSPS) is 16.3. The summed E-state index contributed by atoms with van der Waals surface area (Å²) in [7, 11) is 0. The number of hydrogen-bond acceptors (Lipinski definition) is 3. The molecule has 0 aromatic carbocycles. The molecule has 0 spiro atoms.